The van der Waals surface area contributed by atoms with E-state index in [9.17, 15) is 4.79 Å². The summed E-state index contributed by atoms with van der Waals surface area (Å²) in [7, 11) is 0. The highest BCUT2D eigenvalue weighted by atomic mass is 16.5. The number of amides is 2. The second-order valence-electron chi connectivity index (χ2n) is 8.71. The molecule has 2 amide bonds. The Morgan fingerprint density at radius 1 is 0.914 bits per heavy atom. The van der Waals surface area contributed by atoms with Gasteiger partial charge in [-0.05, 0) is 56.2 Å². The summed E-state index contributed by atoms with van der Waals surface area (Å²) in [4.78, 5) is 33.0. The molecule has 2 aliphatic rings. The SMILES string of the molecule is C[C@@H]1COCCN1c1nc(-c2ccc(NC(=O)Nc3ccncc3)cc2)nc(C2CCOCC2)n1. The van der Waals surface area contributed by atoms with Gasteiger partial charge in [-0.15, -0.1) is 0 Å². The molecule has 3 aromatic rings. The Balaban J connectivity index is 1.37. The highest BCUT2D eigenvalue weighted by Crippen LogP contribution is 2.29. The molecule has 182 valence electrons. The third-order valence-electron chi connectivity index (χ3n) is 6.19. The summed E-state index contributed by atoms with van der Waals surface area (Å²) in [5.74, 6) is 2.37. The number of carbonyl (C=O) groups is 1. The van der Waals surface area contributed by atoms with E-state index in [1.54, 1.807) is 24.5 Å². The van der Waals surface area contributed by atoms with E-state index < -0.39 is 0 Å². The Labute approximate surface area is 204 Å². The van der Waals surface area contributed by atoms with Crippen molar-refractivity contribution in [1.82, 2.24) is 19.9 Å². The van der Waals surface area contributed by atoms with Crippen molar-refractivity contribution in [3.63, 3.8) is 0 Å². The molecule has 4 heterocycles. The summed E-state index contributed by atoms with van der Waals surface area (Å²) in [5, 5.41) is 5.62. The molecule has 2 aromatic heterocycles. The van der Waals surface area contributed by atoms with Gasteiger partial charge in [0.2, 0.25) is 5.95 Å². The monoisotopic (exact) mass is 475 g/mol. The zero-order valence-corrected chi connectivity index (χ0v) is 19.7. The van der Waals surface area contributed by atoms with Crippen LogP contribution in [0.25, 0.3) is 11.4 Å². The van der Waals surface area contributed by atoms with Crippen molar-refractivity contribution in [2.24, 2.45) is 0 Å². The van der Waals surface area contributed by atoms with Crippen LogP contribution in [0.5, 0.6) is 0 Å². The van der Waals surface area contributed by atoms with Gasteiger partial charge in [0.25, 0.3) is 0 Å². The Morgan fingerprint density at radius 2 is 1.63 bits per heavy atom. The van der Waals surface area contributed by atoms with E-state index in [2.05, 4.69) is 27.4 Å². The van der Waals surface area contributed by atoms with E-state index in [1.165, 1.54) is 0 Å². The van der Waals surface area contributed by atoms with Crippen LogP contribution in [0.2, 0.25) is 0 Å². The van der Waals surface area contributed by atoms with Crippen LogP contribution in [0, 0.1) is 0 Å². The Hall–Kier alpha value is -3.63. The molecule has 0 bridgehead atoms. The highest BCUT2D eigenvalue weighted by molar-refractivity contribution is 5.99. The van der Waals surface area contributed by atoms with Crippen molar-refractivity contribution in [1.29, 1.82) is 0 Å². The molecular weight excluding hydrogens is 446 g/mol. The number of rotatable bonds is 5. The van der Waals surface area contributed by atoms with E-state index in [0.717, 1.165) is 44.0 Å². The van der Waals surface area contributed by atoms with Crippen molar-refractivity contribution in [2.75, 3.05) is 48.5 Å². The molecule has 35 heavy (non-hydrogen) atoms. The van der Waals surface area contributed by atoms with Gasteiger partial charge < -0.3 is 25.0 Å². The zero-order chi connectivity index (χ0) is 24.0. The first kappa shape index (κ1) is 23.1. The van der Waals surface area contributed by atoms with Gasteiger partial charge in [-0.25, -0.2) is 9.78 Å². The number of morpholine rings is 1. The summed E-state index contributed by atoms with van der Waals surface area (Å²) in [6.45, 7) is 5.60. The number of hydrogen-bond donors (Lipinski definition) is 2. The van der Waals surface area contributed by atoms with Gasteiger partial charge in [0, 0.05) is 55.0 Å². The number of anilines is 3. The minimum Gasteiger partial charge on any atom is -0.381 e. The molecule has 10 nitrogen and oxygen atoms in total. The van der Waals surface area contributed by atoms with Gasteiger partial charge in [-0.1, -0.05) is 0 Å². The molecule has 2 saturated heterocycles. The number of carbonyl (C=O) groups excluding carboxylic acids is 1. The lowest BCUT2D eigenvalue weighted by Gasteiger charge is -2.34. The Bertz CT molecular complexity index is 1140. The van der Waals surface area contributed by atoms with E-state index in [0.29, 0.717) is 36.4 Å². The third-order valence-corrected chi connectivity index (χ3v) is 6.19. The molecule has 5 rings (SSSR count). The summed E-state index contributed by atoms with van der Waals surface area (Å²) in [5.41, 5.74) is 2.20. The maximum Gasteiger partial charge on any atom is 0.323 e. The van der Waals surface area contributed by atoms with Crippen LogP contribution in [0.15, 0.2) is 48.8 Å². The van der Waals surface area contributed by atoms with E-state index in [1.807, 2.05) is 24.3 Å². The lowest BCUT2D eigenvalue weighted by atomic mass is 9.99. The van der Waals surface area contributed by atoms with Crippen molar-refractivity contribution in [3.8, 4) is 11.4 Å². The summed E-state index contributed by atoms with van der Waals surface area (Å²) < 4.78 is 11.1. The van der Waals surface area contributed by atoms with Crippen molar-refractivity contribution >= 4 is 23.4 Å². The Morgan fingerprint density at radius 3 is 2.34 bits per heavy atom. The number of nitrogens with one attached hydrogen (secondary N) is 2. The fraction of sp³-hybridized carbons (Fsp3) is 0.400. The second-order valence-corrected chi connectivity index (χ2v) is 8.71. The molecule has 0 radical (unpaired) electrons. The standard InChI is InChI=1S/C25H29N7O3/c1-17-16-35-15-12-32(17)24-30-22(29-23(31-24)19-8-13-34-14-9-19)18-2-4-20(5-3-18)27-25(33)28-21-6-10-26-11-7-21/h2-7,10-11,17,19H,8-9,12-16H2,1H3,(H2,26,27,28,33)/t17-/m1/s1. The lowest BCUT2D eigenvalue weighted by molar-refractivity contribution is 0.0834. The molecule has 1 aromatic carbocycles. The normalized spacial score (nSPS) is 18.8. The fourth-order valence-electron chi connectivity index (χ4n) is 4.23. The first-order valence-corrected chi connectivity index (χ1v) is 11.9. The quantitative estimate of drug-likeness (QED) is 0.574. The van der Waals surface area contributed by atoms with E-state index in [-0.39, 0.29) is 18.0 Å². The average Bonchev–Trinajstić information content (AvgIpc) is 2.90. The maximum absolute atomic E-state index is 12.3. The zero-order valence-electron chi connectivity index (χ0n) is 19.7. The summed E-state index contributed by atoms with van der Waals surface area (Å²) in [6.07, 6.45) is 5.05. The molecule has 0 spiro atoms. The molecule has 10 heteroatoms. The number of ether oxygens (including phenoxy) is 2. The largest absolute Gasteiger partial charge is 0.381 e. The smallest absolute Gasteiger partial charge is 0.323 e. The Kier molecular flexibility index (Phi) is 7.10. The predicted molar refractivity (Wildman–Crippen MR) is 133 cm³/mol. The second kappa shape index (κ2) is 10.7. The van der Waals surface area contributed by atoms with Crippen molar-refractivity contribution in [3.05, 3.63) is 54.6 Å². The van der Waals surface area contributed by atoms with E-state index >= 15 is 0 Å². The van der Waals surface area contributed by atoms with Gasteiger partial charge in [-0.3, -0.25) is 4.98 Å². The number of aromatic nitrogens is 4. The molecule has 0 unspecified atom stereocenters. The number of urea groups is 1. The van der Waals surface area contributed by atoms with Crippen LogP contribution >= 0.6 is 0 Å². The van der Waals surface area contributed by atoms with Gasteiger partial charge in [0.05, 0.1) is 19.3 Å². The third kappa shape index (κ3) is 5.72. The summed E-state index contributed by atoms with van der Waals surface area (Å²) >= 11 is 0. The van der Waals surface area contributed by atoms with Gasteiger partial charge >= 0.3 is 6.03 Å². The topological polar surface area (TPSA) is 114 Å². The number of hydrogen-bond acceptors (Lipinski definition) is 8. The maximum atomic E-state index is 12.3. The molecule has 0 aliphatic carbocycles. The van der Waals surface area contributed by atoms with Crippen LogP contribution in [0.4, 0.5) is 22.1 Å². The molecular formula is C25H29N7O3. The van der Waals surface area contributed by atoms with Crippen molar-refractivity contribution in [2.45, 2.75) is 31.7 Å². The number of benzene rings is 1. The van der Waals surface area contributed by atoms with Crippen LogP contribution in [0.3, 0.4) is 0 Å². The van der Waals surface area contributed by atoms with Gasteiger partial charge in [0.15, 0.2) is 5.82 Å². The van der Waals surface area contributed by atoms with Crippen molar-refractivity contribution < 1.29 is 14.3 Å². The van der Waals surface area contributed by atoms with Crippen LogP contribution < -0.4 is 15.5 Å². The van der Waals surface area contributed by atoms with Gasteiger partial charge in [0.1, 0.15) is 5.82 Å². The fourth-order valence-corrected chi connectivity index (χ4v) is 4.23. The molecule has 1 atom stereocenters. The first-order valence-electron chi connectivity index (χ1n) is 11.9. The lowest BCUT2D eigenvalue weighted by Crippen LogP contribution is -2.44. The minimum atomic E-state index is -0.325. The summed E-state index contributed by atoms with van der Waals surface area (Å²) in [6, 6.07) is 10.8. The molecule has 2 N–H and O–H groups in total. The van der Waals surface area contributed by atoms with Crippen LogP contribution in [0.1, 0.15) is 31.5 Å². The van der Waals surface area contributed by atoms with E-state index in [4.69, 9.17) is 24.4 Å². The minimum absolute atomic E-state index is 0.187. The first-order chi connectivity index (χ1) is 17.2. The predicted octanol–water partition coefficient (Wildman–Crippen LogP) is 3.70. The molecule has 0 saturated carbocycles. The van der Waals surface area contributed by atoms with Crippen LogP contribution in [-0.4, -0.2) is 65.0 Å². The molecule has 2 fully saturated rings. The van der Waals surface area contributed by atoms with Gasteiger partial charge in [-0.2, -0.15) is 9.97 Å². The average molecular weight is 476 g/mol. The highest BCUT2D eigenvalue weighted by Gasteiger charge is 2.26. The number of nitrogens with zero attached hydrogens (tertiary/aromatic N) is 5. The molecule has 2 aliphatic heterocycles. The van der Waals surface area contributed by atoms with Crippen LogP contribution in [-0.2, 0) is 9.47 Å². The number of pyridine rings is 1.